The Hall–Kier alpha value is -2.26. The molecule has 1 heterocycles. The summed E-state index contributed by atoms with van der Waals surface area (Å²) in [4.78, 5) is 15.2. The lowest BCUT2D eigenvalue weighted by Crippen LogP contribution is -2.24. The Labute approximate surface area is 127 Å². The summed E-state index contributed by atoms with van der Waals surface area (Å²) in [6.45, 7) is 0.517. The van der Waals surface area contributed by atoms with Crippen molar-refractivity contribution < 1.29 is 4.79 Å². The van der Waals surface area contributed by atoms with E-state index in [1.807, 2.05) is 48.7 Å². The van der Waals surface area contributed by atoms with Crippen molar-refractivity contribution in [2.75, 3.05) is 0 Å². The number of hydrogen-bond donors (Lipinski definition) is 2. The second-order valence-corrected chi connectivity index (χ2v) is 5.38. The van der Waals surface area contributed by atoms with E-state index in [0.29, 0.717) is 18.0 Å². The van der Waals surface area contributed by atoms with Crippen LogP contribution < -0.4 is 5.32 Å². The van der Waals surface area contributed by atoms with Crippen LogP contribution in [0.15, 0.2) is 54.7 Å². The molecule has 0 atom stereocenters. The molecule has 2 aromatic carbocycles. The van der Waals surface area contributed by atoms with Crippen molar-refractivity contribution in [3.05, 3.63) is 70.9 Å². The van der Waals surface area contributed by atoms with Gasteiger partial charge in [-0.2, -0.15) is 0 Å². The van der Waals surface area contributed by atoms with Gasteiger partial charge in [0.15, 0.2) is 0 Å². The Morgan fingerprint density at radius 1 is 1.14 bits per heavy atom. The molecule has 21 heavy (non-hydrogen) atoms. The molecule has 106 valence electrons. The van der Waals surface area contributed by atoms with E-state index in [1.54, 1.807) is 6.07 Å². The highest BCUT2D eigenvalue weighted by atomic mass is 35.5. The van der Waals surface area contributed by atoms with Crippen molar-refractivity contribution in [2.45, 2.75) is 13.0 Å². The fraction of sp³-hybridized carbons (Fsp3) is 0.118. The van der Waals surface area contributed by atoms with Gasteiger partial charge in [0.25, 0.3) is 0 Å². The summed E-state index contributed by atoms with van der Waals surface area (Å²) in [5.74, 6) is -0.0115. The first-order chi connectivity index (χ1) is 10.2. The standard InChI is InChI=1S/C17H15ClN2O/c18-14-5-3-4-12(8-14)9-17(21)20-11-13-10-19-16-7-2-1-6-15(13)16/h1-8,10,19H,9,11H2,(H,20,21). The highest BCUT2D eigenvalue weighted by molar-refractivity contribution is 6.30. The molecule has 0 unspecified atom stereocenters. The highest BCUT2D eigenvalue weighted by Crippen LogP contribution is 2.17. The van der Waals surface area contributed by atoms with Crippen LogP contribution in [0.2, 0.25) is 5.02 Å². The van der Waals surface area contributed by atoms with Gasteiger partial charge in [0.1, 0.15) is 0 Å². The summed E-state index contributed by atoms with van der Waals surface area (Å²) >= 11 is 5.92. The van der Waals surface area contributed by atoms with Gasteiger partial charge < -0.3 is 10.3 Å². The van der Waals surface area contributed by atoms with Crippen molar-refractivity contribution in [3.8, 4) is 0 Å². The van der Waals surface area contributed by atoms with Crippen molar-refractivity contribution in [3.63, 3.8) is 0 Å². The molecule has 0 aliphatic carbocycles. The van der Waals surface area contributed by atoms with Crippen molar-refractivity contribution in [2.24, 2.45) is 0 Å². The largest absolute Gasteiger partial charge is 0.361 e. The van der Waals surface area contributed by atoms with E-state index < -0.39 is 0 Å². The fourth-order valence-electron chi connectivity index (χ4n) is 2.37. The number of amides is 1. The summed E-state index contributed by atoms with van der Waals surface area (Å²) in [6.07, 6.45) is 2.27. The number of nitrogens with one attached hydrogen (secondary N) is 2. The van der Waals surface area contributed by atoms with Gasteiger partial charge in [-0.3, -0.25) is 4.79 Å². The molecule has 3 nitrogen and oxygen atoms in total. The van der Waals surface area contributed by atoms with Gasteiger partial charge in [0, 0.05) is 28.7 Å². The SMILES string of the molecule is O=C(Cc1cccc(Cl)c1)NCc1c[nH]c2ccccc12. The predicted octanol–water partition coefficient (Wildman–Crippen LogP) is 3.68. The van der Waals surface area contributed by atoms with Gasteiger partial charge in [-0.05, 0) is 29.3 Å². The zero-order valence-electron chi connectivity index (χ0n) is 11.4. The first kappa shape index (κ1) is 13.7. The smallest absolute Gasteiger partial charge is 0.224 e. The zero-order valence-corrected chi connectivity index (χ0v) is 12.2. The molecule has 3 rings (SSSR count). The fourth-order valence-corrected chi connectivity index (χ4v) is 2.58. The number of carbonyl (C=O) groups excluding carboxylic acids is 1. The molecule has 0 aliphatic heterocycles. The van der Waals surface area contributed by atoms with Crippen LogP contribution in [0.3, 0.4) is 0 Å². The third-order valence-electron chi connectivity index (χ3n) is 3.40. The number of benzene rings is 2. The first-order valence-corrected chi connectivity index (χ1v) is 7.16. The average Bonchev–Trinajstić information content (AvgIpc) is 2.88. The summed E-state index contributed by atoms with van der Waals surface area (Å²) < 4.78 is 0. The number of fused-ring (bicyclic) bond motifs is 1. The highest BCUT2D eigenvalue weighted by Gasteiger charge is 2.06. The minimum absolute atomic E-state index is 0.0115. The Morgan fingerprint density at radius 3 is 2.86 bits per heavy atom. The van der Waals surface area contributed by atoms with Crippen LogP contribution in [0.25, 0.3) is 10.9 Å². The molecule has 0 fully saturated rings. The molecule has 1 aromatic heterocycles. The average molecular weight is 299 g/mol. The maximum Gasteiger partial charge on any atom is 0.224 e. The number of hydrogen-bond acceptors (Lipinski definition) is 1. The van der Waals surface area contributed by atoms with Crippen LogP contribution in [0.1, 0.15) is 11.1 Å². The Bertz CT molecular complexity index is 779. The van der Waals surface area contributed by atoms with Crippen LogP contribution >= 0.6 is 11.6 Å². The van der Waals surface area contributed by atoms with Crippen molar-refractivity contribution in [1.29, 1.82) is 0 Å². The third kappa shape index (κ3) is 3.26. The number of carbonyl (C=O) groups is 1. The van der Waals surface area contributed by atoms with E-state index in [4.69, 9.17) is 11.6 Å². The van der Waals surface area contributed by atoms with Crippen LogP contribution in [-0.4, -0.2) is 10.9 Å². The second kappa shape index (κ2) is 6.02. The minimum atomic E-state index is -0.0115. The minimum Gasteiger partial charge on any atom is -0.361 e. The molecule has 1 amide bonds. The Balaban J connectivity index is 1.63. The molecule has 0 radical (unpaired) electrons. The first-order valence-electron chi connectivity index (χ1n) is 6.78. The molecular formula is C17H15ClN2O. The number of H-pyrrole nitrogens is 1. The number of aromatic amines is 1. The van der Waals surface area contributed by atoms with E-state index in [-0.39, 0.29) is 5.91 Å². The molecule has 4 heteroatoms. The van der Waals surface area contributed by atoms with E-state index in [1.165, 1.54) is 0 Å². The Morgan fingerprint density at radius 2 is 2.00 bits per heavy atom. The number of para-hydroxylation sites is 1. The van der Waals surface area contributed by atoms with Crippen LogP contribution in [-0.2, 0) is 17.8 Å². The summed E-state index contributed by atoms with van der Waals surface area (Å²) in [5.41, 5.74) is 3.08. The molecule has 3 aromatic rings. The van der Waals surface area contributed by atoms with Gasteiger partial charge in [-0.1, -0.05) is 41.9 Å². The van der Waals surface area contributed by atoms with Gasteiger partial charge in [0.05, 0.1) is 6.42 Å². The molecule has 0 bridgehead atoms. The Kier molecular flexibility index (Phi) is 3.93. The van der Waals surface area contributed by atoms with E-state index in [9.17, 15) is 4.79 Å². The second-order valence-electron chi connectivity index (χ2n) is 4.94. The molecule has 0 saturated carbocycles. The third-order valence-corrected chi connectivity index (χ3v) is 3.64. The number of rotatable bonds is 4. The van der Waals surface area contributed by atoms with E-state index in [0.717, 1.165) is 22.0 Å². The molecule has 0 saturated heterocycles. The molecule has 2 N–H and O–H groups in total. The van der Waals surface area contributed by atoms with Crippen LogP contribution in [0.4, 0.5) is 0 Å². The summed E-state index contributed by atoms with van der Waals surface area (Å²) in [6, 6.07) is 15.4. The lowest BCUT2D eigenvalue weighted by Gasteiger charge is -2.05. The van der Waals surface area contributed by atoms with Gasteiger partial charge in [0.2, 0.25) is 5.91 Å². The lowest BCUT2D eigenvalue weighted by atomic mass is 10.1. The quantitative estimate of drug-likeness (QED) is 0.758. The topological polar surface area (TPSA) is 44.9 Å². The zero-order chi connectivity index (χ0) is 14.7. The van der Waals surface area contributed by atoms with Crippen LogP contribution in [0, 0.1) is 0 Å². The normalized spacial score (nSPS) is 10.7. The molecule has 0 aliphatic rings. The van der Waals surface area contributed by atoms with E-state index >= 15 is 0 Å². The molecule has 0 spiro atoms. The van der Waals surface area contributed by atoms with Crippen molar-refractivity contribution >= 4 is 28.4 Å². The van der Waals surface area contributed by atoms with Crippen LogP contribution in [0.5, 0.6) is 0 Å². The summed E-state index contributed by atoms with van der Waals surface area (Å²) in [5, 5.41) is 4.73. The predicted molar refractivity (Wildman–Crippen MR) is 85.3 cm³/mol. The maximum atomic E-state index is 12.0. The molecular weight excluding hydrogens is 284 g/mol. The monoisotopic (exact) mass is 298 g/mol. The lowest BCUT2D eigenvalue weighted by molar-refractivity contribution is -0.120. The number of aromatic nitrogens is 1. The van der Waals surface area contributed by atoms with Gasteiger partial charge >= 0.3 is 0 Å². The summed E-state index contributed by atoms with van der Waals surface area (Å²) in [7, 11) is 0. The van der Waals surface area contributed by atoms with Crippen molar-refractivity contribution in [1.82, 2.24) is 10.3 Å². The maximum absolute atomic E-state index is 12.0. The van der Waals surface area contributed by atoms with Gasteiger partial charge in [-0.15, -0.1) is 0 Å². The number of halogens is 1. The van der Waals surface area contributed by atoms with Gasteiger partial charge in [-0.25, -0.2) is 0 Å². The van der Waals surface area contributed by atoms with E-state index in [2.05, 4.69) is 10.3 Å².